The average Bonchev–Trinajstić information content (AvgIpc) is 2.60. The summed E-state index contributed by atoms with van der Waals surface area (Å²) in [6.45, 7) is 6.12. The summed E-state index contributed by atoms with van der Waals surface area (Å²) in [6, 6.07) is 0. The lowest BCUT2D eigenvalue weighted by Crippen LogP contribution is -1.96. The quantitative estimate of drug-likeness (QED) is 0.787. The van der Waals surface area contributed by atoms with Gasteiger partial charge >= 0.3 is 0 Å². The number of nitrogen functional groups attached to an aromatic ring is 1. The number of pyridine rings is 1. The lowest BCUT2D eigenvalue weighted by molar-refractivity contribution is 0.861. The van der Waals surface area contributed by atoms with E-state index < -0.39 is 0 Å². The van der Waals surface area contributed by atoms with Crippen LogP contribution in [0.2, 0.25) is 0 Å². The van der Waals surface area contributed by atoms with Crippen LogP contribution in [0.25, 0.3) is 11.0 Å². The Kier molecular flexibility index (Phi) is 2.34. The molecule has 0 atom stereocenters. The average molecular weight is 204 g/mol. The van der Waals surface area contributed by atoms with Crippen LogP contribution in [-0.4, -0.2) is 15.0 Å². The molecule has 0 fully saturated rings. The van der Waals surface area contributed by atoms with E-state index in [1.54, 1.807) is 0 Å². The molecule has 0 spiro atoms. The summed E-state index contributed by atoms with van der Waals surface area (Å²) in [4.78, 5) is 12.1. The molecule has 2 rings (SSSR count). The monoisotopic (exact) mass is 204 g/mol. The van der Waals surface area contributed by atoms with Gasteiger partial charge in [-0.3, -0.25) is 0 Å². The Morgan fingerprint density at radius 3 is 2.67 bits per heavy atom. The van der Waals surface area contributed by atoms with Gasteiger partial charge in [-0.15, -0.1) is 0 Å². The fraction of sp³-hybridized carbons (Fsp3) is 0.455. The first-order valence-corrected chi connectivity index (χ1v) is 5.24. The second-order valence-electron chi connectivity index (χ2n) is 3.86. The number of fused-ring (bicyclic) bond motifs is 1. The minimum absolute atomic E-state index is 0.544. The molecule has 0 bridgehead atoms. The van der Waals surface area contributed by atoms with Crippen molar-refractivity contribution >= 4 is 16.9 Å². The van der Waals surface area contributed by atoms with Crippen molar-refractivity contribution in [2.24, 2.45) is 0 Å². The maximum atomic E-state index is 5.85. The van der Waals surface area contributed by atoms with Crippen LogP contribution >= 0.6 is 0 Å². The SMILES string of the molecule is CCCc1nc2c(C)c(C)nc(N)c2[nH]1. The molecule has 0 aromatic carbocycles. The Bertz CT molecular complexity index is 499. The summed E-state index contributed by atoms with van der Waals surface area (Å²) < 4.78 is 0. The number of nitrogens with zero attached hydrogens (tertiary/aromatic N) is 2. The first kappa shape index (κ1) is 9.96. The van der Waals surface area contributed by atoms with Crippen molar-refractivity contribution in [3.05, 3.63) is 17.1 Å². The molecule has 2 aromatic heterocycles. The van der Waals surface area contributed by atoms with Crippen LogP contribution in [0.1, 0.15) is 30.4 Å². The van der Waals surface area contributed by atoms with Gasteiger partial charge in [0.2, 0.25) is 0 Å². The number of H-pyrrole nitrogens is 1. The molecule has 0 saturated carbocycles. The van der Waals surface area contributed by atoms with E-state index in [0.29, 0.717) is 5.82 Å². The molecule has 0 amide bonds. The molecule has 0 unspecified atom stereocenters. The highest BCUT2D eigenvalue weighted by Crippen LogP contribution is 2.22. The third-order valence-electron chi connectivity index (χ3n) is 2.68. The molecule has 4 heteroatoms. The van der Waals surface area contributed by atoms with Crippen LogP contribution in [0.5, 0.6) is 0 Å². The van der Waals surface area contributed by atoms with Gasteiger partial charge in [0.1, 0.15) is 17.2 Å². The molecule has 0 aliphatic rings. The van der Waals surface area contributed by atoms with Gasteiger partial charge in [0.25, 0.3) is 0 Å². The Morgan fingerprint density at radius 2 is 2.00 bits per heavy atom. The summed E-state index contributed by atoms with van der Waals surface area (Å²) in [5.41, 5.74) is 9.75. The Morgan fingerprint density at radius 1 is 1.27 bits per heavy atom. The molecule has 0 radical (unpaired) electrons. The minimum atomic E-state index is 0.544. The highest BCUT2D eigenvalue weighted by atomic mass is 15.0. The van der Waals surface area contributed by atoms with Gasteiger partial charge in [-0.1, -0.05) is 6.92 Å². The molecule has 0 saturated heterocycles. The summed E-state index contributed by atoms with van der Waals surface area (Å²) in [5.74, 6) is 1.54. The smallest absolute Gasteiger partial charge is 0.149 e. The number of imidazole rings is 1. The van der Waals surface area contributed by atoms with Crippen molar-refractivity contribution < 1.29 is 0 Å². The number of aromatic nitrogens is 3. The summed E-state index contributed by atoms with van der Waals surface area (Å²) in [6.07, 6.45) is 2.03. The first-order chi connectivity index (χ1) is 7.13. The molecule has 2 aromatic rings. The zero-order valence-corrected chi connectivity index (χ0v) is 9.39. The summed E-state index contributed by atoms with van der Waals surface area (Å²) in [5, 5.41) is 0. The molecule has 80 valence electrons. The molecular formula is C11H16N4. The van der Waals surface area contributed by atoms with Crippen molar-refractivity contribution in [2.45, 2.75) is 33.6 Å². The largest absolute Gasteiger partial charge is 0.382 e. The number of hydrogen-bond donors (Lipinski definition) is 2. The van der Waals surface area contributed by atoms with E-state index in [4.69, 9.17) is 5.73 Å². The standard InChI is InChI=1S/C11H16N4/c1-4-5-8-14-9-6(2)7(3)13-11(12)10(9)15-8/h4-5H2,1-3H3,(H2,12,13)(H,14,15). The molecule has 4 nitrogen and oxygen atoms in total. The Labute approximate surface area is 88.9 Å². The topological polar surface area (TPSA) is 67.6 Å². The second kappa shape index (κ2) is 3.53. The fourth-order valence-electron chi connectivity index (χ4n) is 1.73. The predicted molar refractivity (Wildman–Crippen MR) is 61.8 cm³/mol. The lowest BCUT2D eigenvalue weighted by Gasteiger charge is -2.01. The third kappa shape index (κ3) is 1.56. The van der Waals surface area contributed by atoms with Crippen LogP contribution in [0.4, 0.5) is 5.82 Å². The van der Waals surface area contributed by atoms with E-state index in [0.717, 1.165) is 41.0 Å². The van der Waals surface area contributed by atoms with E-state index in [1.165, 1.54) is 0 Å². The van der Waals surface area contributed by atoms with Gasteiger partial charge in [0.15, 0.2) is 0 Å². The van der Waals surface area contributed by atoms with Crippen molar-refractivity contribution in [1.82, 2.24) is 15.0 Å². The highest BCUT2D eigenvalue weighted by Gasteiger charge is 2.10. The van der Waals surface area contributed by atoms with Crippen molar-refractivity contribution in [2.75, 3.05) is 5.73 Å². The van der Waals surface area contributed by atoms with E-state index >= 15 is 0 Å². The zero-order chi connectivity index (χ0) is 11.0. The van der Waals surface area contributed by atoms with Gasteiger partial charge in [-0.25, -0.2) is 9.97 Å². The van der Waals surface area contributed by atoms with Crippen LogP contribution < -0.4 is 5.73 Å². The lowest BCUT2D eigenvalue weighted by atomic mass is 10.2. The third-order valence-corrected chi connectivity index (χ3v) is 2.68. The Balaban J connectivity index is 2.68. The number of nitrogens with one attached hydrogen (secondary N) is 1. The van der Waals surface area contributed by atoms with Crippen LogP contribution in [0, 0.1) is 13.8 Å². The van der Waals surface area contributed by atoms with Crippen molar-refractivity contribution in [3.8, 4) is 0 Å². The van der Waals surface area contributed by atoms with Gasteiger partial charge in [0, 0.05) is 12.1 Å². The van der Waals surface area contributed by atoms with Gasteiger partial charge in [0.05, 0.1) is 5.52 Å². The zero-order valence-electron chi connectivity index (χ0n) is 9.39. The van der Waals surface area contributed by atoms with Crippen molar-refractivity contribution in [1.29, 1.82) is 0 Å². The number of aryl methyl sites for hydroxylation is 3. The van der Waals surface area contributed by atoms with E-state index in [-0.39, 0.29) is 0 Å². The highest BCUT2D eigenvalue weighted by molar-refractivity contribution is 5.87. The van der Waals surface area contributed by atoms with E-state index in [9.17, 15) is 0 Å². The maximum Gasteiger partial charge on any atom is 0.149 e. The molecule has 0 aliphatic heterocycles. The van der Waals surface area contributed by atoms with E-state index in [1.807, 2.05) is 13.8 Å². The molecule has 0 aliphatic carbocycles. The van der Waals surface area contributed by atoms with Gasteiger partial charge in [-0.2, -0.15) is 0 Å². The molecular weight excluding hydrogens is 188 g/mol. The maximum absolute atomic E-state index is 5.85. The summed E-state index contributed by atoms with van der Waals surface area (Å²) >= 11 is 0. The van der Waals surface area contributed by atoms with Gasteiger partial charge < -0.3 is 10.7 Å². The molecule has 2 heterocycles. The molecule has 15 heavy (non-hydrogen) atoms. The molecule has 3 N–H and O–H groups in total. The number of hydrogen-bond acceptors (Lipinski definition) is 3. The number of aromatic amines is 1. The normalized spacial score (nSPS) is 11.1. The fourth-order valence-corrected chi connectivity index (χ4v) is 1.73. The number of nitrogens with two attached hydrogens (primary N) is 1. The second-order valence-corrected chi connectivity index (χ2v) is 3.86. The first-order valence-electron chi connectivity index (χ1n) is 5.24. The van der Waals surface area contributed by atoms with Crippen LogP contribution in [-0.2, 0) is 6.42 Å². The summed E-state index contributed by atoms with van der Waals surface area (Å²) in [7, 11) is 0. The number of rotatable bonds is 2. The predicted octanol–water partition coefficient (Wildman–Crippen LogP) is 2.11. The van der Waals surface area contributed by atoms with Crippen LogP contribution in [0.15, 0.2) is 0 Å². The minimum Gasteiger partial charge on any atom is -0.382 e. The van der Waals surface area contributed by atoms with Gasteiger partial charge in [-0.05, 0) is 25.8 Å². The Hall–Kier alpha value is -1.58. The van der Waals surface area contributed by atoms with E-state index in [2.05, 4.69) is 21.9 Å². The van der Waals surface area contributed by atoms with Crippen LogP contribution in [0.3, 0.4) is 0 Å². The number of anilines is 1. The van der Waals surface area contributed by atoms with Crippen molar-refractivity contribution in [3.63, 3.8) is 0 Å².